The largest absolute Gasteiger partial charge is 0.458 e. The Labute approximate surface area is 173 Å². The molecule has 2 unspecified atom stereocenters. The maximum absolute atomic E-state index is 12.8. The van der Waals surface area contributed by atoms with Crippen molar-refractivity contribution in [2.75, 3.05) is 6.54 Å². The molecule has 1 N–H and O–H groups in total. The van der Waals surface area contributed by atoms with Gasteiger partial charge in [0.15, 0.2) is 5.82 Å². The summed E-state index contributed by atoms with van der Waals surface area (Å²) in [6.07, 6.45) is 0.696. The molecule has 1 amide bonds. The van der Waals surface area contributed by atoms with Gasteiger partial charge >= 0.3 is 11.9 Å². The fourth-order valence-electron chi connectivity index (χ4n) is 2.98. The van der Waals surface area contributed by atoms with Crippen LogP contribution in [-0.4, -0.2) is 38.1 Å². The summed E-state index contributed by atoms with van der Waals surface area (Å²) in [6, 6.07) is 3.71. The molecule has 0 saturated carbocycles. The third-order valence-corrected chi connectivity index (χ3v) is 6.30. The van der Waals surface area contributed by atoms with Crippen molar-refractivity contribution in [1.82, 2.24) is 25.1 Å². The summed E-state index contributed by atoms with van der Waals surface area (Å²) < 4.78 is 7.56. The highest BCUT2D eigenvalue weighted by atomic mass is 35.5. The first kappa shape index (κ1) is 19.0. The van der Waals surface area contributed by atoms with E-state index in [1.54, 1.807) is 17.0 Å². The molecule has 1 fully saturated rings. The van der Waals surface area contributed by atoms with Gasteiger partial charge in [0.05, 0.1) is 9.85 Å². The number of piperidine rings is 1. The lowest BCUT2D eigenvalue weighted by atomic mass is 9.87. The quantitative estimate of drug-likeness (QED) is 0.658. The molecule has 1 saturated heterocycles. The molecule has 0 aliphatic carbocycles. The number of carbonyl (C=O) groups excluding carboxylic acids is 2. The number of rotatable bonds is 5. The first-order valence-corrected chi connectivity index (χ1v) is 10.7. The molecule has 3 aromatic heterocycles. The van der Waals surface area contributed by atoms with Crippen LogP contribution in [0.2, 0.25) is 4.34 Å². The Morgan fingerprint density at radius 2 is 2.32 bits per heavy atom. The molecule has 8 nitrogen and oxygen atoms in total. The lowest BCUT2D eigenvalue weighted by molar-refractivity contribution is -0.126. The Hall–Kier alpha value is -2.30. The molecule has 4 rings (SSSR count). The molecule has 3 aromatic rings. The van der Waals surface area contributed by atoms with Crippen LogP contribution in [0.3, 0.4) is 0 Å². The second-order valence-electron chi connectivity index (χ2n) is 6.31. The Kier molecular flexibility index (Phi) is 5.42. The van der Waals surface area contributed by atoms with Crippen LogP contribution in [0.15, 0.2) is 23.0 Å². The highest BCUT2D eigenvalue weighted by Gasteiger charge is 2.34. The second-order valence-corrected chi connectivity index (χ2v) is 8.83. The van der Waals surface area contributed by atoms with E-state index in [9.17, 15) is 9.59 Å². The molecule has 11 heteroatoms. The van der Waals surface area contributed by atoms with Crippen LogP contribution in [0.4, 0.5) is 0 Å². The number of aromatic nitrogens is 4. The topological polar surface area (TPSA) is 99.0 Å². The third kappa shape index (κ3) is 3.80. The van der Waals surface area contributed by atoms with Crippen LogP contribution in [0, 0.1) is 5.92 Å². The maximum atomic E-state index is 12.8. The van der Waals surface area contributed by atoms with Crippen molar-refractivity contribution in [3.05, 3.63) is 43.8 Å². The molecule has 0 aromatic carbocycles. The summed E-state index contributed by atoms with van der Waals surface area (Å²) in [4.78, 5) is 34.2. The van der Waals surface area contributed by atoms with Crippen LogP contribution in [-0.2, 0) is 11.4 Å². The molecular weight excluding hydrogens is 422 g/mol. The molecule has 4 heterocycles. The summed E-state index contributed by atoms with van der Waals surface area (Å²) >= 11 is 8.66. The molecule has 0 bridgehead atoms. The fraction of sp³-hybridized carbons (Fsp3) is 0.353. The van der Waals surface area contributed by atoms with Crippen LogP contribution in [0.1, 0.15) is 40.5 Å². The van der Waals surface area contributed by atoms with Crippen molar-refractivity contribution in [1.29, 1.82) is 0 Å². The Bertz CT molecular complexity index is 1000. The zero-order chi connectivity index (χ0) is 19.7. The summed E-state index contributed by atoms with van der Waals surface area (Å²) in [5, 5.41) is 8.85. The van der Waals surface area contributed by atoms with E-state index in [2.05, 4.69) is 20.4 Å². The maximum Gasteiger partial charge on any atom is 0.323 e. The SMILES string of the molecule is CC1C(=O)NCCC1c1nc(OCc2ccc(Cl)s2)n(C(=O)c2cscn2)n1. The number of thiophene rings is 1. The van der Waals surface area contributed by atoms with Gasteiger partial charge in [-0.15, -0.1) is 32.5 Å². The third-order valence-electron chi connectivity index (χ3n) is 4.51. The van der Waals surface area contributed by atoms with Gasteiger partial charge in [-0.05, 0) is 18.6 Å². The molecule has 146 valence electrons. The number of ether oxygens (including phenoxy) is 1. The summed E-state index contributed by atoms with van der Waals surface area (Å²) in [5.74, 6) is -0.522. The van der Waals surface area contributed by atoms with Crippen molar-refractivity contribution < 1.29 is 14.3 Å². The lowest BCUT2D eigenvalue weighted by Gasteiger charge is -2.25. The average molecular weight is 438 g/mol. The molecule has 0 radical (unpaired) electrons. The van der Waals surface area contributed by atoms with Crippen LogP contribution < -0.4 is 10.1 Å². The standard InChI is InChI=1S/C17H16ClN5O3S2/c1-9-11(4-5-19-15(9)24)14-21-17(26-6-10-2-3-13(18)28-10)23(22-14)16(25)12-7-27-8-20-12/h2-3,7-9,11H,4-6H2,1H3,(H,19,24). The minimum atomic E-state index is -0.424. The molecular formula is C17H16ClN5O3S2. The Morgan fingerprint density at radius 3 is 3.04 bits per heavy atom. The van der Waals surface area contributed by atoms with Crippen molar-refractivity contribution in [2.24, 2.45) is 5.92 Å². The van der Waals surface area contributed by atoms with Crippen molar-refractivity contribution in [3.8, 4) is 6.01 Å². The zero-order valence-electron chi connectivity index (χ0n) is 14.8. The molecule has 1 aliphatic heterocycles. The smallest absolute Gasteiger partial charge is 0.323 e. The van der Waals surface area contributed by atoms with Crippen LogP contribution >= 0.6 is 34.3 Å². The average Bonchev–Trinajstić information content (AvgIpc) is 3.42. The predicted octanol–water partition coefficient (Wildman–Crippen LogP) is 2.96. The monoisotopic (exact) mass is 437 g/mol. The number of amides is 1. The van der Waals surface area contributed by atoms with E-state index in [1.165, 1.54) is 22.7 Å². The van der Waals surface area contributed by atoms with E-state index >= 15 is 0 Å². The zero-order valence-corrected chi connectivity index (χ0v) is 17.2. The molecule has 0 spiro atoms. The lowest BCUT2D eigenvalue weighted by Crippen LogP contribution is -2.40. The van der Waals surface area contributed by atoms with E-state index in [-0.39, 0.29) is 36.1 Å². The van der Waals surface area contributed by atoms with Crippen LogP contribution in [0.25, 0.3) is 0 Å². The van der Waals surface area contributed by atoms with Gasteiger partial charge in [-0.1, -0.05) is 18.5 Å². The van der Waals surface area contributed by atoms with E-state index in [4.69, 9.17) is 16.3 Å². The van der Waals surface area contributed by atoms with E-state index in [0.717, 1.165) is 9.56 Å². The van der Waals surface area contributed by atoms with Gasteiger partial charge in [-0.3, -0.25) is 9.59 Å². The summed E-state index contributed by atoms with van der Waals surface area (Å²) in [5.41, 5.74) is 1.84. The highest BCUT2D eigenvalue weighted by Crippen LogP contribution is 2.30. The number of nitrogens with zero attached hydrogens (tertiary/aromatic N) is 4. The molecule has 28 heavy (non-hydrogen) atoms. The molecule has 1 aliphatic rings. The van der Waals surface area contributed by atoms with Gasteiger partial charge in [-0.25, -0.2) is 4.98 Å². The summed E-state index contributed by atoms with van der Waals surface area (Å²) in [6.45, 7) is 2.59. The van der Waals surface area contributed by atoms with Gasteiger partial charge in [0.25, 0.3) is 0 Å². The second kappa shape index (κ2) is 7.98. The van der Waals surface area contributed by atoms with Gasteiger partial charge in [0.2, 0.25) is 5.91 Å². The van der Waals surface area contributed by atoms with Crippen LogP contribution in [0.5, 0.6) is 6.01 Å². The molecule has 2 atom stereocenters. The minimum Gasteiger partial charge on any atom is -0.458 e. The number of halogens is 1. The number of nitrogens with one attached hydrogen (secondary N) is 1. The number of hydrogen-bond acceptors (Lipinski definition) is 8. The fourth-order valence-corrected chi connectivity index (χ4v) is 4.51. The summed E-state index contributed by atoms with van der Waals surface area (Å²) in [7, 11) is 0. The van der Waals surface area contributed by atoms with E-state index in [0.29, 0.717) is 23.1 Å². The first-order valence-electron chi connectivity index (χ1n) is 8.57. The number of hydrogen-bond donors (Lipinski definition) is 1. The van der Waals surface area contributed by atoms with Crippen molar-refractivity contribution in [2.45, 2.75) is 25.9 Å². The van der Waals surface area contributed by atoms with Crippen molar-refractivity contribution in [3.63, 3.8) is 0 Å². The minimum absolute atomic E-state index is 0.0471. The van der Waals surface area contributed by atoms with Gasteiger partial charge in [-0.2, -0.15) is 4.98 Å². The predicted molar refractivity (Wildman–Crippen MR) is 105 cm³/mol. The van der Waals surface area contributed by atoms with E-state index in [1.807, 2.05) is 13.0 Å². The Balaban J connectivity index is 1.64. The van der Waals surface area contributed by atoms with Gasteiger partial charge in [0, 0.05) is 28.6 Å². The van der Waals surface area contributed by atoms with Crippen molar-refractivity contribution >= 4 is 46.1 Å². The van der Waals surface area contributed by atoms with E-state index < -0.39 is 5.91 Å². The Morgan fingerprint density at radius 1 is 1.46 bits per heavy atom. The number of thiazole rings is 1. The first-order chi connectivity index (χ1) is 13.5. The number of carbonyl (C=O) groups is 2. The normalized spacial score (nSPS) is 19.4. The highest BCUT2D eigenvalue weighted by molar-refractivity contribution is 7.16. The van der Waals surface area contributed by atoms with Gasteiger partial charge < -0.3 is 10.1 Å². The van der Waals surface area contributed by atoms with Gasteiger partial charge in [0.1, 0.15) is 12.3 Å².